The van der Waals surface area contributed by atoms with E-state index in [2.05, 4.69) is 0 Å². The summed E-state index contributed by atoms with van der Waals surface area (Å²) in [5.74, 6) is -0.196. The molecule has 1 aromatic carbocycles. The van der Waals surface area contributed by atoms with Crippen LogP contribution in [0.2, 0.25) is 0 Å². The van der Waals surface area contributed by atoms with Gasteiger partial charge in [-0.1, -0.05) is 12.1 Å². The van der Waals surface area contributed by atoms with E-state index in [0.29, 0.717) is 0 Å². The standard InChI is InChI=1S/C6H6O3S/c7-5-3-1-2-4-6(5)10(8)9/h1-4,7,10H. The predicted octanol–water partition coefficient (Wildman–Crippen LogP) is 0.363. The molecule has 0 aromatic heterocycles. The average Bonchev–Trinajstić information content (AvgIpc) is 1.88. The molecule has 10 heavy (non-hydrogen) atoms. The van der Waals surface area contributed by atoms with Crippen molar-refractivity contribution in [2.45, 2.75) is 4.90 Å². The zero-order valence-electron chi connectivity index (χ0n) is 5.02. The van der Waals surface area contributed by atoms with Crippen LogP contribution >= 0.6 is 0 Å². The van der Waals surface area contributed by atoms with Crippen LogP contribution in [0.3, 0.4) is 0 Å². The minimum atomic E-state index is -2.67. The fourth-order valence-electron chi connectivity index (χ4n) is 0.619. The maximum Gasteiger partial charge on any atom is 0.171 e. The fraction of sp³-hybridized carbons (Fsp3) is 0. The van der Waals surface area contributed by atoms with E-state index in [4.69, 9.17) is 5.11 Å². The lowest BCUT2D eigenvalue weighted by molar-refractivity contribution is 0.460. The van der Waals surface area contributed by atoms with E-state index in [0.717, 1.165) is 0 Å². The largest absolute Gasteiger partial charge is 0.507 e. The first-order valence-electron chi connectivity index (χ1n) is 2.64. The first-order chi connectivity index (χ1) is 4.72. The van der Waals surface area contributed by atoms with Gasteiger partial charge in [0.1, 0.15) is 10.6 Å². The molecule has 1 aromatic rings. The Hall–Kier alpha value is -1.03. The molecule has 3 nitrogen and oxygen atoms in total. The van der Waals surface area contributed by atoms with Crippen LogP contribution in [-0.4, -0.2) is 13.5 Å². The Labute approximate surface area is 59.9 Å². The first kappa shape index (κ1) is 7.08. The molecule has 0 spiro atoms. The molecular weight excluding hydrogens is 152 g/mol. The number of hydrogen-bond acceptors (Lipinski definition) is 3. The van der Waals surface area contributed by atoms with Crippen molar-refractivity contribution in [1.29, 1.82) is 0 Å². The van der Waals surface area contributed by atoms with Gasteiger partial charge in [0.25, 0.3) is 0 Å². The van der Waals surface area contributed by atoms with Gasteiger partial charge in [-0.3, -0.25) is 0 Å². The highest BCUT2D eigenvalue weighted by atomic mass is 32.2. The molecule has 1 rings (SSSR count). The smallest absolute Gasteiger partial charge is 0.171 e. The number of phenols is 1. The Morgan fingerprint density at radius 2 is 1.80 bits per heavy atom. The third kappa shape index (κ3) is 1.27. The molecule has 0 bridgehead atoms. The second kappa shape index (κ2) is 2.70. The van der Waals surface area contributed by atoms with Gasteiger partial charge in [0.15, 0.2) is 10.7 Å². The van der Waals surface area contributed by atoms with E-state index in [1.807, 2.05) is 0 Å². The summed E-state index contributed by atoms with van der Waals surface area (Å²) in [7, 11) is -2.67. The molecule has 0 aliphatic rings. The zero-order valence-corrected chi connectivity index (χ0v) is 5.91. The van der Waals surface area contributed by atoms with Gasteiger partial charge in [0.2, 0.25) is 0 Å². The summed E-state index contributed by atoms with van der Waals surface area (Å²) in [6, 6.07) is 5.80. The summed E-state index contributed by atoms with van der Waals surface area (Å²) in [6.45, 7) is 0. The summed E-state index contributed by atoms with van der Waals surface area (Å²) in [5.41, 5.74) is 0. The molecule has 54 valence electrons. The van der Waals surface area contributed by atoms with E-state index < -0.39 is 10.7 Å². The maximum atomic E-state index is 10.3. The number of benzene rings is 1. The van der Waals surface area contributed by atoms with E-state index in [1.165, 1.54) is 12.1 Å². The quantitative estimate of drug-likeness (QED) is 0.580. The van der Waals surface area contributed by atoms with Gasteiger partial charge in [-0.25, -0.2) is 8.42 Å². The van der Waals surface area contributed by atoms with Crippen LogP contribution in [0.1, 0.15) is 0 Å². The van der Waals surface area contributed by atoms with Crippen molar-refractivity contribution in [3.8, 4) is 5.75 Å². The van der Waals surface area contributed by atoms with Crippen molar-refractivity contribution >= 4 is 10.7 Å². The van der Waals surface area contributed by atoms with Crippen LogP contribution in [-0.2, 0) is 10.7 Å². The minimum Gasteiger partial charge on any atom is -0.507 e. The SMILES string of the molecule is O=[SH](=O)c1ccccc1O. The Morgan fingerprint density at radius 3 is 2.20 bits per heavy atom. The van der Waals surface area contributed by atoms with E-state index in [1.54, 1.807) is 12.1 Å². The van der Waals surface area contributed by atoms with Crippen molar-refractivity contribution in [3.05, 3.63) is 24.3 Å². The van der Waals surface area contributed by atoms with Gasteiger partial charge >= 0.3 is 0 Å². The molecule has 0 heterocycles. The zero-order chi connectivity index (χ0) is 7.56. The molecule has 0 aliphatic carbocycles. The number of hydrogen-bond donors (Lipinski definition) is 2. The molecular formula is C6H6O3S. The van der Waals surface area contributed by atoms with Crippen LogP contribution in [0.5, 0.6) is 5.75 Å². The summed E-state index contributed by atoms with van der Waals surface area (Å²) < 4.78 is 20.6. The average molecular weight is 158 g/mol. The minimum absolute atomic E-state index is 0.0301. The van der Waals surface area contributed by atoms with Crippen LogP contribution in [0.25, 0.3) is 0 Å². The summed E-state index contributed by atoms with van der Waals surface area (Å²) >= 11 is 0. The normalized spacial score (nSPS) is 10.1. The lowest BCUT2D eigenvalue weighted by Crippen LogP contribution is -1.78. The van der Waals surface area contributed by atoms with Crippen LogP contribution < -0.4 is 0 Å². The second-order valence-corrected chi connectivity index (χ2v) is 2.74. The monoisotopic (exact) mass is 158 g/mol. The van der Waals surface area contributed by atoms with Crippen LogP contribution in [0.15, 0.2) is 29.2 Å². The van der Waals surface area contributed by atoms with Crippen molar-refractivity contribution in [3.63, 3.8) is 0 Å². The molecule has 0 radical (unpaired) electrons. The van der Waals surface area contributed by atoms with E-state index in [9.17, 15) is 8.42 Å². The third-order valence-corrected chi connectivity index (χ3v) is 1.85. The van der Waals surface area contributed by atoms with Gasteiger partial charge in [0.05, 0.1) is 0 Å². The predicted molar refractivity (Wildman–Crippen MR) is 36.7 cm³/mol. The molecule has 0 fully saturated rings. The Kier molecular flexibility index (Phi) is 1.91. The van der Waals surface area contributed by atoms with Crippen molar-refractivity contribution in [2.75, 3.05) is 0 Å². The number of thiol groups is 1. The number of rotatable bonds is 1. The molecule has 1 N–H and O–H groups in total. The van der Waals surface area contributed by atoms with Crippen molar-refractivity contribution in [1.82, 2.24) is 0 Å². The third-order valence-electron chi connectivity index (χ3n) is 1.08. The number of phenolic OH excluding ortho intramolecular Hbond substituents is 1. The van der Waals surface area contributed by atoms with Gasteiger partial charge < -0.3 is 5.11 Å². The Bertz CT molecular complexity index is 296. The van der Waals surface area contributed by atoms with Gasteiger partial charge in [-0.15, -0.1) is 0 Å². The summed E-state index contributed by atoms with van der Waals surface area (Å²) in [6.07, 6.45) is 0. The maximum absolute atomic E-state index is 10.3. The van der Waals surface area contributed by atoms with Crippen molar-refractivity contribution in [2.24, 2.45) is 0 Å². The van der Waals surface area contributed by atoms with Crippen molar-refractivity contribution < 1.29 is 13.5 Å². The summed E-state index contributed by atoms with van der Waals surface area (Å²) in [5, 5.41) is 8.90. The Balaban J connectivity index is 3.28. The number of para-hydroxylation sites is 1. The molecule has 0 atom stereocenters. The molecule has 0 unspecified atom stereocenters. The van der Waals surface area contributed by atoms with Gasteiger partial charge in [0, 0.05) is 0 Å². The van der Waals surface area contributed by atoms with Gasteiger partial charge in [-0.2, -0.15) is 0 Å². The van der Waals surface area contributed by atoms with Crippen LogP contribution in [0.4, 0.5) is 0 Å². The van der Waals surface area contributed by atoms with Gasteiger partial charge in [-0.05, 0) is 12.1 Å². The summed E-state index contributed by atoms with van der Waals surface area (Å²) in [4.78, 5) is -0.0301. The lowest BCUT2D eigenvalue weighted by Gasteiger charge is -1.92. The highest BCUT2D eigenvalue weighted by molar-refractivity contribution is 7.72. The van der Waals surface area contributed by atoms with Crippen LogP contribution in [0, 0.1) is 0 Å². The Morgan fingerprint density at radius 1 is 1.20 bits per heavy atom. The fourth-order valence-corrected chi connectivity index (χ4v) is 1.09. The molecule has 0 amide bonds. The molecule has 4 heteroatoms. The lowest BCUT2D eigenvalue weighted by atomic mass is 10.3. The topological polar surface area (TPSA) is 54.4 Å². The van der Waals surface area contributed by atoms with E-state index >= 15 is 0 Å². The molecule has 0 aliphatic heterocycles. The first-order valence-corrected chi connectivity index (χ1v) is 3.82. The number of aromatic hydroxyl groups is 1. The second-order valence-electron chi connectivity index (χ2n) is 1.75. The highest BCUT2D eigenvalue weighted by Crippen LogP contribution is 2.15. The highest BCUT2D eigenvalue weighted by Gasteiger charge is 1.98. The molecule has 0 saturated heterocycles. The van der Waals surface area contributed by atoms with E-state index in [-0.39, 0.29) is 10.6 Å². The molecule has 0 saturated carbocycles.